The van der Waals surface area contributed by atoms with E-state index >= 15 is 0 Å². The van der Waals surface area contributed by atoms with Crippen molar-refractivity contribution in [3.8, 4) is 5.75 Å². The molecule has 0 fully saturated rings. The largest absolute Gasteiger partial charge is 0.486 e. The van der Waals surface area contributed by atoms with E-state index < -0.39 is 17.6 Å². The minimum absolute atomic E-state index is 0.201. The second-order valence-electron chi connectivity index (χ2n) is 4.06. The van der Waals surface area contributed by atoms with Crippen LogP contribution in [-0.4, -0.2) is 11.1 Å². The highest BCUT2D eigenvalue weighted by Crippen LogP contribution is 2.25. The molecule has 0 aliphatic heterocycles. The summed E-state index contributed by atoms with van der Waals surface area (Å²) in [7, 11) is 0. The summed E-state index contributed by atoms with van der Waals surface area (Å²) in [6.45, 7) is -0.216. The van der Waals surface area contributed by atoms with Crippen LogP contribution in [0.1, 0.15) is 15.9 Å². The molecule has 3 N–H and O–H groups in total. The molecule has 0 saturated carbocycles. The first-order valence-electron chi connectivity index (χ1n) is 5.67. The highest BCUT2D eigenvalue weighted by atomic mass is 19.1. The lowest BCUT2D eigenvalue weighted by Gasteiger charge is -2.10. The topological polar surface area (TPSA) is 72.5 Å². The normalized spacial score (nSPS) is 10.3. The predicted molar refractivity (Wildman–Crippen MR) is 68.5 cm³/mol. The van der Waals surface area contributed by atoms with Crippen molar-refractivity contribution in [1.29, 1.82) is 0 Å². The van der Waals surface area contributed by atoms with Gasteiger partial charge < -0.3 is 15.6 Å². The van der Waals surface area contributed by atoms with Gasteiger partial charge in [-0.05, 0) is 12.1 Å². The van der Waals surface area contributed by atoms with Gasteiger partial charge in [-0.3, -0.25) is 0 Å². The minimum Gasteiger partial charge on any atom is -0.486 e. The summed E-state index contributed by atoms with van der Waals surface area (Å²) in [6, 6.07) is 7.71. The predicted octanol–water partition coefficient (Wildman–Crippen LogP) is 2.82. The molecule has 4 nitrogen and oxygen atoms in total. The first kappa shape index (κ1) is 13.8. The zero-order chi connectivity index (χ0) is 14.7. The van der Waals surface area contributed by atoms with Gasteiger partial charge in [-0.25, -0.2) is 13.6 Å². The molecule has 0 spiro atoms. The Morgan fingerprint density at radius 1 is 1.20 bits per heavy atom. The molecule has 0 aromatic heterocycles. The highest BCUT2D eigenvalue weighted by molar-refractivity contribution is 5.94. The zero-order valence-electron chi connectivity index (χ0n) is 10.3. The van der Waals surface area contributed by atoms with Crippen molar-refractivity contribution in [2.24, 2.45) is 0 Å². The number of rotatable bonds is 4. The molecule has 2 aromatic carbocycles. The van der Waals surface area contributed by atoms with Crippen LogP contribution >= 0.6 is 0 Å². The van der Waals surface area contributed by atoms with Crippen molar-refractivity contribution in [3.63, 3.8) is 0 Å². The molecule has 104 valence electrons. The van der Waals surface area contributed by atoms with E-state index in [2.05, 4.69) is 0 Å². The number of ether oxygens (including phenoxy) is 1. The number of hydrogen-bond acceptors (Lipinski definition) is 3. The molecule has 0 aliphatic rings. The Labute approximate surface area is 113 Å². The summed E-state index contributed by atoms with van der Waals surface area (Å²) in [4.78, 5) is 10.9. The molecule has 0 bridgehead atoms. The van der Waals surface area contributed by atoms with Crippen molar-refractivity contribution in [1.82, 2.24) is 0 Å². The molecule has 20 heavy (non-hydrogen) atoms. The number of hydrogen-bond donors (Lipinski definition) is 2. The fraction of sp³-hybridized carbons (Fsp3) is 0.0714. The lowest BCUT2D eigenvalue weighted by Crippen LogP contribution is -2.06. The Morgan fingerprint density at radius 3 is 2.55 bits per heavy atom. The molecule has 0 unspecified atom stereocenters. The van der Waals surface area contributed by atoms with Crippen LogP contribution in [0, 0.1) is 11.6 Å². The van der Waals surface area contributed by atoms with E-state index in [0.29, 0.717) is 0 Å². The number of carbonyl (C=O) groups is 1. The van der Waals surface area contributed by atoms with Gasteiger partial charge in [0, 0.05) is 17.3 Å². The van der Waals surface area contributed by atoms with Crippen LogP contribution in [0.2, 0.25) is 0 Å². The number of nitrogens with two attached hydrogens (primary N) is 1. The Kier molecular flexibility index (Phi) is 3.84. The summed E-state index contributed by atoms with van der Waals surface area (Å²) in [5.41, 5.74) is 5.15. The number of halogens is 2. The number of carboxylic acid groups (broad SMARTS) is 1. The third-order valence-electron chi connectivity index (χ3n) is 2.68. The Bertz CT molecular complexity index is 659. The molecule has 0 amide bonds. The third kappa shape index (κ3) is 2.85. The molecule has 0 heterocycles. The van der Waals surface area contributed by atoms with Gasteiger partial charge >= 0.3 is 5.97 Å². The lowest BCUT2D eigenvalue weighted by atomic mass is 10.1. The third-order valence-corrected chi connectivity index (χ3v) is 2.68. The number of nitrogen functional groups attached to an aromatic ring is 1. The van der Waals surface area contributed by atoms with Gasteiger partial charge in [0.05, 0.1) is 5.56 Å². The second-order valence-corrected chi connectivity index (χ2v) is 4.06. The lowest BCUT2D eigenvalue weighted by molar-refractivity contribution is 0.0697. The van der Waals surface area contributed by atoms with Crippen molar-refractivity contribution in [2.75, 3.05) is 5.73 Å². The van der Waals surface area contributed by atoms with E-state index in [1.165, 1.54) is 18.2 Å². The van der Waals surface area contributed by atoms with Crippen LogP contribution in [-0.2, 0) is 6.61 Å². The van der Waals surface area contributed by atoms with Gasteiger partial charge in [0.25, 0.3) is 0 Å². The number of anilines is 1. The molecular weight excluding hydrogens is 268 g/mol. The van der Waals surface area contributed by atoms with Crippen LogP contribution in [0.3, 0.4) is 0 Å². The molecule has 2 rings (SSSR count). The molecule has 0 aliphatic carbocycles. The summed E-state index contributed by atoms with van der Waals surface area (Å²) < 4.78 is 32.1. The molecular formula is C14H11F2NO3. The molecule has 0 atom stereocenters. The van der Waals surface area contributed by atoms with E-state index in [-0.39, 0.29) is 29.2 Å². The number of benzene rings is 2. The van der Waals surface area contributed by atoms with Gasteiger partial charge in [0.2, 0.25) is 0 Å². The first-order valence-corrected chi connectivity index (χ1v) is 5.67. The van der Waals surface area contributed by atoms with Crippen molar-refractivity contribution in [2.45, 2.75) is 6.61 Å². The van der Waals surface area contributed by atoms with Crippen molar-refractivity contribution >= 4 is 11.7 Å². The van der Waals surface area contributed by atoms with Crippen LogP contribution in [0.15, 0.2) is 36.4 Å². The van der Waals surface area contributed by atoms with Gasteiger partial charge in [-0.15, -0.1) is 0 Å². The van der Waals surface area contributed by atoms with Crippen LogP contribution < -0.4 is 10.5 Å². The highest BCUT2D eigenvalue weighted by Gasteiger charge is 2.14. The van der Waals surface area contributed by atoms with Gasteiger partial charge in [-0.2, -0.15) is 0 Å². The van der Waals surface area contributed by atoms with Gasteiger partial charge in [-0.1, -0.05) is 18.2 Å². The van der Waals surface area contributed by atoms with E-state index in [1.807, 2.05) is 0 Å². The average Bonchev–Trinajstić information content (AvgIpc) is 2.39. The average molecular weight is 279 g/mol. The van der Waals surface area contributed by atoms with E-state index in [0.717, 1.165) is 12.1 Å². The van der Waals surface area contributed by atoms with Crippen LogP contribution in [0.5, 0.6) is 5.75 Å². The maximum Gasteiger partial charge on any atom is 0.337 e. The molecule has 0 saturated heterocycles. The quantitative estimate of drug-likeness (QED) is 0.844. The number of aromatic carboxylic acids is 1. The fourth-order valence-corrected chi connectivity index (χ4v) is 1.64. The van der Waals surface area contributed by atoms with Gasteiger partial charge in [0.1, 0.15) is 12.4 Å². The first-order chi connectivity index (χ1) is 9.49. The summed E-state index contributed by atoms with van der Waals surface area (Å²) in [5.74, 6) is -2.87. The number of carboxylic acids is 1. The molecule has 0 radical (unpaired) electrons. The zero-order valence-corrected chi connectivity index (χ0v) is 10.3. The van der Waals surface area contributed by atoms with E-state index in [9.17, 15) is 13.6 Å². The molecule has 2 aromatic rings. The van der Waals surface area contributed by atoms with Crippen LogP contribution in [0.4, 0.5) is 14.5 Å². The van der Waals surface area contributed by atoms with E-state index in [1.54, 1.807) is 6.07 Å². The van der Waals surface area contributed by atoms with Crippen LogP contribution in [0.25, 0.3) is 0 Å². The maximum atomic E-state index is 13.6. The standard InChI is InChI=1S/C14H11F2NO3/c15-10-4-2-1-3-8(10)7-20-13-5-9(14(18)19)12(17)6-11(13)16/h1-6H,7,17H2,(H,18,19). The fourth-order valence-electron chi connectivity index (χ4n) is 1.64. The van der Waals surface area contributed by atoms with Crippen molar-refractivity contribution < 1.29 is 23.4 Å². The summed E-state index contributed by atoms with van der Waals surface area (Å²) in [5, 5.41) is 8.89. The van der Waals surface area contributed by atoms with E-state index in [4.69, 9.17) is 15.6 Å². The SMILES string of the molecule is Nc1cc(F)c(OCc2ccccc2F)cc1C(=O)O. The Balaban J connectivity index is 2.24. The minimum atomic E-state index is -1.29. The molecule has 6 heteroatoms. The van der Waals surface area contributed by atoms with Crippen molar-refractivity contribution in [3.05, 3.63) is 59.2 Å². The summed E-state index contributed by atoms with van der Waals surface area (Å²) in [6.07, 6.45) is 0. The monoisotopic (exact) mass is 279 g/mol. The maximum absolute atomic E-state index is 13.6. The Hall–Kier alpha value is -2.63. The van der Waals surface area contributed by atoms with Gasteiger partial charge in [0.15, 0.2) is 11.6 Å². The smallest absolute Gasteiger partial charge is 0.337 e. The second kappa shape index (κ2) is 5.56. The Morgan fingerprint density at radius 2 is 1.90 bits per heavy atom. The summed E-state index contributed by atoms with van der Waals surface area (Å²) >= 11 is 0.